The number of hydrogen-bond acceptors (Lipinski definition) is 4. The molecule has 0 aromatic carbocycles. The van der Waals surface area contributed by atoms with Crippen molar-refractivity contribution >= 4 is 0 Å². The Hall–Kier alpha value is -0.160. The largest absolute Gasteiger partial charge is 0.383 e. The van der Waals surface area contributed by atoms with Gasteiger partial charge in [-0.2, -0.15) is 0 Å². The number of nitrogens with one attached hydrogen (secondary N) is 1. The van der Waals surface area contributed by atoms with Crippen molar-refractivity contribution in [2.45, 2.75) is 45.6 Å². The highest BCUT2D eigenvalue weighted by molar-refractivity contribution is 4.86. The Labute approximate surface area is 131 Å². The van der Waals surface area contributed by atoms with Crippen molar-refractivity contribution in [3.8, 4) is 0 Å². The normalized spacial score (nSPS) is 26.4. The summed E-state index contributed by atoms with van der Waals surface area (Å²) in [6, 6.07) is 0.686. The minimum atomic E-state index is 0.686. The highest BCUT2D eigenvalue weighted by Gasteiger charge is 2.30. The van der Waals surface area contributed by atoms with E-state index in [1.54, 1.807) is 14.2 Å². The molecule has 1 fully saturated rings. The van der Waals surface area contributed by atoms with Gasteiger partial charge < -0.3 is 14.8 Å². The Kier molecular flexibility index (Phi) is 10.3. The molecule has 0 radical (unpaired) electrons. The highest BCUT2D eigenvalue weighted by atomic mass is 16.5. The molecule has 3 atom stereocenters. The molecule has 0 aliphatic heterocycles. The molecule has 0 spiro atoms. The molecule has 1 rings (SSSR count). The van der Waals surface area contributed by atoms with Crippen LogP contribution in [0.2, 0.25) is 0 Å². The summed E-state index contributed by atoms with van der Waals surface area (Å²) in [5.41, 5.74) is 0. The van der Waals surface area contributed by atoms with Crippen LogP contribution in [0.4, 0.5) is 0 Å². The molecule has 1 aliphatic rings. The van der Waals surface area contributed by atoms with Crippen LogP contribution in [0.3, 0.4) is 0 Å². The smallest absolute Gasteiger partial charge is 0.0589 e. The minimum absolute atomic E-state index is 0.686. The van der Waals surface area contributed by atoms with Crippen molar-refractivity contribution < 1.29 is 9.47 Å². The average molecular weight is 300 g/mol. The standard InChI is InChI=1S/C17H36N2O2/c1-5-15-7-8-17(18-6-2)16(13-15)14-19(9-11-20-3)10-12-21-4/h15-18H,5-14H2,1-4H3. The molecule has 4 heteroatoms. The molecule has 0 bridgehead atoms. The monoisotopic (exact) mass is 300 g/mol. The predicted molar refractivity (Wildman–Crippen MR) is 88.8 cm³/mol. The zero-order valence-electron chi connectivity index (χ0n) is 14.6. The molecule has 21 heavy (non-hydrogen) atoms. The lowest BCUT2D eigenvalue weighted by molar-refractivity contribution is 0.0829. The highest BCUT2D eigenvalue weighted by Crippen LogP contribution is 2.31. The summed E-state index contributed by atoms with van der Waals surface area (Å²) in [7, 11) is 3.56. The average Bonchev–Trinajstić information content (AvgIpc) is 2.51. The van der Waals surface area contributed by atoms with Crippen LogP contribution >= 0.6 is 0 Å². The zero-order valence-corrected chi connectivity index (χ0v) is 14.6. The summed E-state index contributed by atoms with van der Waals surface area (Å²) < 4.78 is 10.5. The molecule has 126 valence electrons. The SMILES string of the molecule is CCNC1CCC(CC)CC1CN(CCOC)CCOC. The lowest BCUT2D eigenvalue weighted by Crippen LogP contribution is -2.47. The van der Waals surface area contributed by atoms with Gasteiger partial charge in [0.1, 0.15) is 0 Å². The molecule has 0 heterocycles. The minimum Gasteiger partial charge on any atom is -0.383 e. The van der Waals surface area contributed by atoms with E-state index in [4.69, 9.17) is 9.47 Å². The lowest BCUT2D eigenvalue weighted by atomic mass is 9.76. The lowest BCUT2D eigenvalue weighted by Gasteiger charge is -2.39. The molecule has 0 amide bonds. The van der Waals surface area contributed by atoms with Crippen LogP contribution in [0.1, 0.15) is 39.5 Å². The number of nitrogens with zero attached hydrogens (tertiary/aromatic N) is 1. The third-order valence-corrected chi connectivity index (χ3v) is 4.85. The van der Waals surface area contributed by atoms with Gasteiger partial charge in [-0.1, -0.05) is 20.3 Å². The molecule has 4 nitrogen and oxygen atoms in total. The van der Waals surface area contributed by atoms with Crippen LogP contribution in [-0.2, 0) is 9.47 Å². The van der Waals surface area contributed by atoms with Crippen molar-refractivity contribution in [1.29, 1.82) is 0 Å². The molecule has 1 saturated carbocycles. The van der Waals surface area contributed by atoms with E-state index in [1.807, 2.05) is 0 Å². The number of hydrogen-bond donors (Lipinski definition) is 1. The van der Waals surface area contributed by atoms with E-state index >= 15 is 0 Å². The van der Waals surface area contributed by atoms with Gasteiger partial charge in [-0.05, 0) is 37.6 Å². The summed E-state index contributed by atoms with van der Waals surface area (Å²) in [6.45, 7) is 10.4. The molecule has 0 aromatic rings. The van der Waals surface area contributed by atoms with E-state index < -0.39 is 0 Å². The van der Waals surface area contributed by atoms with Crippen LogP contribution in [0, 0.1) is 11.8 Å². The van der Waals surface area contributed by atoms with Crippen molar-refractivity contribution in [3.05, 3.63) is 0 Å². The van der Waals surface area contributed by atoms with Crippen molar-refractivity contribution in [3.63, 3.8) is 0 Å². The van der Waals surface area contributed by atoms with Gasteiger partial charge in [-0.25, -0.2) is 0 Å². The Bertz CT molecular complexity index is 243. The summed E-state index contributed by atoms with van der Waals surface area (Å²) >= 11 is 0. The van der Waals surface area contributed by atoms with E-state index in [2.05, 4.69) is 24.1 Å². The summed E-state index contributed by atoms with van der Waals surface area (Å²) in [5, 5.41) is 3.71. The fourth-order valence-corrected chi connectivity index (χ4v) is 3.53. The maximum absolute atomic E-state index is 5.26. The second-order valence-electron chi connectivity index (χ2n) is 6.30. The van der Waals surface area contributed by atoms with E-state index in [1.165, 1.54) is 32.2 Å². The topological polar surface area (TPSA) is 33.7 Å². The first kappa shape index (κ1) is 18.9. The van der Waals surface area contributed by atoms with E-state index in [0.29, 0.717) is 6.04 Å². The quantitative estimate of drug-likeness (QED) is 0.635. The Morgan fingerprint density at radius 2 is 1.71 bits per heavy atom. The fourth-order valence-electron chi connectivity index (χ4n) is 3.53. The van der Waals surface area contributed by atoms with Crippen molar-refractivity contribution in [2.24, 2.45) is 11.8 Å². The molecular formula is C17H36N2O2. The first-order chi connectivity index (χ1) is 10.2. The van der Waals surface area contributed by atoms with Crippen molar-refractivity contribution in [2.75, 3.05) is 53.6 Å². The molecular weight excluding hydrogens is 264 g/mol. The van der Waals surface area contributed by atoms with Gasteiger partial charge in [0.05, 0.1) is 13.2 Å². The first-order valence-corrected chi connectivity index (χ1v) is 8.68. The van der Waals surface area contributed by atoms with Gasteiger partial charge >= 0.3 is 0 Å². The van der Waals surface area contributed by atoms with Gasteiger partial charge in [0.2, 0.25) is 0 Å². The van der Waals surface area contributed by atoms with Gasteiger partial charge in [0.25, 0.3) is 0 Å². The Morgan fingerprint density at radius 3 is 2.24 bits per heavy atom. The van der Waals surface area contributed by atoms with Crippen molar-refractivity contribution in [1.82, 2.24) is 10.2 Å². The number of rotatable bonds is 11. The summed E-state index contributed by atoms with van der Waals surface area (Å²) in [4.78, 5) is 2.51. The molecule has 1 aliphatic carbocycles. The second kappa shape index (κ2) is 11.4. The molecule has 3 unspecified atom stereocenters. The van der Waals surface area contributed by atoms with E-state index in [9.17, 15) is 0 Å². The number of methoxy groups -OCH3 is 2. The molecule has 0 aromatic heterocycles. The third-order valence-electron chi connectivity index (χ3n) is 4.85. The van der Waals surface area contributed by atoms with E-state index in [0.717, 1.165) is 44.7 Å². The first-order valence-electron chi connectivity index (χ1n) is 8.68. The van der Waals surface area contributed by atoms with Crippen LogP contribution in [0.25, 0.3) is 0 Å². The summed E-state index contributed by atoms with van der Waals surface area (Å²) in [6.07, 6.45) is 5.41. The second-order valence-corrected chi connectivity index (χ2v) is 6.30. The maximum Gasteiger partial charge on any atom is 0.0589 e. The zero-order chi connectivity index (χ0) is 15.5. The Balaban J connectivity index is 2.56. The third kappa shape index (κ3) is 7.09. The van der Waals surface area contributed by atoms with Crippen LogP contribution in [0.5, 0.6) is 0 Å². The van der Waals surface area contributed by atoms with Gasteiger partial charge in [-0.3, -0.25) is 4.90 Å². The maximum atomic E-state index is 5.26. The molecule has 0 saturated heterocycles. The predicted octanol–water partition coefficient (Wildman–Crippen LogP) is 2.39. The van der Waals surface area contributed by atoms with Gasteiger partial charge in [0, 0.05) is 39.9 Å². The number of ether oxygens (including phenoxy) is 2. The van der Waals surface area contributed by atoms with Crippen LogP contribution in [0.15, 0.2) is 0 Å². The Morgan fingerprint density at radius 1 is 1.05 bits per heavy atom. The van der Waals surface area contributed by atoms with Crippen LogP contribution in [-0.4, -0.2) is 64.6 Å². The molecule has 1 N–H and O–H groups in total. The summed E-state index contributed by atoms with van der Waals surface area (Å²) in [5.74, 6) is 1.67. The fraction of sp³-hybridized carbons (Fsp3) is 1.00. The van der Waals surface area contributed by atoms with Gasteiger partial charge in [-0.15, -0.1) is 0 Å². The van der Waals surface area contributed by atoms with Crippen LogP contribution < -0.4 is 5.32 Å². The van der Waals surface area contributed by atoms with E-state index in [-0.39, 0.29) is 0 Å². The van der Waals surface area contributed by atoms with Gasteiger partial charge in [0.15, 0.2) is 0 Å².